The Balaban J connectivity index is 2.03. The highest BCUT2D eigenvalue weighted by Gasteiger charge is 2.35. The molecule has 0 bridgehead atoms. The summed E-state index contributed by atoms with van der Waals surface area (Å²) in [5.74, 6) is 0. The third-order valence-electron chi connectivity index (χ3n) is 3.67. The van der Waals surface area contributed by atoms with E-state index in [1.165, 1.54) is 11.1 Å². The lowest BCUT2D eigenvalue weighted by molar-refractivity contribution is 0.303. The van der Waals surface area contributed by atoms with Gasteiger partial charge in [0.05, 0.1) is 6.04 Å². The smallest absolute Gasteiger partial charge is 0.245 e. The molecule has 1 aliphatic heterocycles. The molecule has 0 unspecified atom stereocenters. The molecule has 0 aliphatic carbocycles. The van der Waals surface area contributed by atoms with Crippen LogP contribution in [0.5, 0.6) is 0 Å². The van der Waals surface area contributed by atoms with Crippen molar-refractivity contribution in [3.63, 3.8) is 0 Å². The van der Waals surface area contributed by atoms with Crippen molar-refractivity contribution in [3.8, 4) is 0 Å². The Bertz CT molecular complexity index is 695. The maximum absolute atomic E-state index is 12.8. The Morgan fingerprint density at radius 2 is 2.30 bits per heavy atom. The lowest BCUT2D eigenvalue weighted by atomic mass is 10.0. The Morgan fingerprint density at radius 3 is 3.00 bits per heavy atom. The Hall–Kier alpha value is -1.24. The molecule has 4 nitrogen and oxygen atoms in total. The highest BCUT2D eigenvalue weighted by atomic mass is 32.2. The average Bonchev–Trinajstić information content (AvgIpc) is 2.95. The van der Waals surface area contributed by atoms with Crippen LogP contribution < -0.4 is 0 Å². The van der Waals surface area contributed by atoms with Crippen LogP contribution in [0.3, 0.4) is 0 Å². The van der Waals surface area contributed by atoms with Gasteiger partial charge in [-0.3, -0.25) is 4.98 Å². The van der Waals surface area contributed by atoms with Gasteiger partial charge in [-0.15, -0.1) is 11.3 Å². The van der Waals surface area contributed by atoms with Crippen molar-refractivity contribution in [2.45, 2.75) is 30.7 Å². The van der Waals surface area contributed by atoms with Gasteiger partial charge in [0.25, 0.3) is 0 Å². The van der Waals surface area contributed by atoms with E-state index in [0.717, 1.165) is 18.4 Å². The van der Waals surface area contributed by atoms with E-state index in [-0.39, 0.29) is 10.9 Å². The molecule has 106 valence electrons. The highest BCUT2D eigenvalue weighted by molar-refractivity contribution is 7.89. The largest absolute Gasteiger partial charge is 0.263 e. The van der Waals surface area contributed by atoms with E-state index < -0.39 is 10.0 Å². The van der Waals surface area contributed by atoms with Crippen LogP contribution in [0.25, 0.3) is 0 Å². The van der Waals surface area contributed by atoms with Gasteiger partial charge in [0.15, 0.2) is 0 Å². The number of nitrogens with zero attached hydrogens (tertiary/aromatic N) is 2. The first-order chi connectivity index (χ1) is 9.64. The average molecular weight is 308 g/mol. The molecule has 0 fully saturated rings. The number of hydrogen-bond acceptors (Lipinski definition) is 4. The summed E-state index contributed by atoms with van der Waals surface area (Å²) in [5.41, 5.74) is 1.16. The molecule has 0 saturated heterocycles. The molecule has 0 saturated carbocycles. The standard InChI is InChI=1S/C14H16N2O2S2/c1-2-13-12-6-9-19-14(12)5-8-16(13)20(17,18)11-4-3-7-15-10-11/h3-4,6-7,9-10,13H,2,5,8H2,1H3/t13-/m0/s1. The molecule has 6 heteroatoms. The van der Waals surface area contributed by atoms with Crippen molar-refractivity contribution in [3.05, 3.63) is 46.4 Å². The molecule has 1 aliphatic rings. The molecule has 0 spiro atoms. The molecular weight excluding hydrogens is 292 g/mol. The summed E-state index contributed by atoms with van der Waals surface area (Å²) < 4.78 is 27.2. The monoisotopic (exact) mass is 308 g/mol. The van der Waals surface area contributed by atoms with Gasteiger partial charge in [-0.2, -0.15) is 4.31 Å². The summed E-state index contributed by atoms with van der Waals surface area (Å²) in [6.45, 7) is 2.58. The van der Waals surface area contributed by atoms with E-state index in [1.807, 2.05) is 12.3 Å². The van der Waals surface area contributed by atoms with Crippen molar-refractivity contribution in [2.24, 2.45) is 0 Å². The minimum Gasteiger partial charge on any atom is -0.263 e. The number of rotatable bonds is 3. The summed E-state index contributed by atoms with van der Waals surface area (Å²) in [7, 11) is -3.47. The van der Waals surface area contributed by atoms with E-state index in [9.17, 15) is 8.42 Å². The molecule has 2 aromatic rings. The summed E-state index contributed by atoms with van der Waals surface area (Å²) in [6, 6.07) is 5.26. The number of thiophene rings is 1. The summed E-state index contributed by atoms with van der Waals surface area (Å²) in [5, 5.41) is 2.05. The van der Waals surface area contributed by atoms with Crippen LogP contribution in [-0.4, -0.2) is 24.3 Å². The second-order valence-corrected chi connectivity index (χ2v) is 7.67. The number of pyridine rings is 1. The second-order valence-electron chi connectivity index (χ2n) is 4.78. The van der Waals surface area contributed by atoms with Gasteiger partial charge in [-0.05, 0) is 42.0 Å². The first kappa shape index (κ1) is 13.7. The summed E-state index contributed by atoms with van der Waals surface area (Å²) >= 11 is 1.72. The van der Waals surface area contributed by atoms with E-state index in [0.29, 0.717) is 6.54 Å². The number of sulfonamides is 1. The zero-order valence-corrected chi connectivity index (χ0v) is 12.8. The fourth-order valence-corrected chi connectivity index (χ4v) is 5.29. The first-order valence-electron chi connectivity index (χ1n) is 6.62. The van der Waals surface area contributed by atoms with Crippen LogP contribution in [0.4, 0.5) is 0 Å². The van der Waals surface area contributed by atoms with Gasteiger partial charge in [-0.25, -0.2) is 8.42 Å². The summed E-state index contributed by atoms with van der Waals surface area (Å²) in [6.07, 6.45) is 4.58. The minimum absolute atomic E-state index is 0.0600. The fourth-order valence-electron chi connectivity index (χ4n) is 2.72. The number of hydrogen-bond donors (Lipinski definition) is 0. The zero-order chi connectivity index (χ0) is 14.2. The molecule has 0 N–H and O–H groups in total. The molecule has 0 aromatic carbocycles. The van der Waals surface area contributed by atoms with Crippen LogP contribution in [0.15, 0.2) is 40.9 Å². The van der Waals surface area contributed by atoms with Crippen molar-refractivity contribution >= 4 is 21.4 Å². The van der Waals surface area contributed by atoms with Crippen LogP contribution in [0.2, 0.25) is 0 Å². The lowest BCUT2D eigenvalue weighted by Gasteiger charge is -2.34. The Morgan fingerprint density at radius 1 is 1.45 bits per heavy atom. The van der Waals surface area contributed by atoms with Crippen molar-refractivity contribution in [2.75, 3.05) is 6.54 Å². The lowest BCUT2D eigenvalue weighted by Crippen LogP contribution is -2.39. The van der Waals surface area contributed by atoms with Crippen molar-refractivity contribution < 1.29 is 8.42 Å². The van der Waals surface area contributed by atoms with Crippen LogP contribution in [-0.2, 0) is 16.4 Å². The minimum atomic E-state index is -3.47. The molecular formula is C14H16N2O2S2. The normalized spacial score (nSPS) is 19.8. The molecule has 1 atom stereocenters. The molecule has 3 rings (SSSR count). The maximum atomic E-state index is 12.8. The van der Waals surface area contributed by atoms with Gasteiger partial charge < -0.3 is 0 Å². The van der Waals surface area contributed by atoms with E-state index in [1.54, 1.807) is 34.0 Å². The van der Waals surface area contributed by atoms with E-state index in [4.69, 9.17) is 0 Å². The molecule has 3 heterocycles. The van der Waals surface area contributed by atoms with Gasteiger partial charge >= 0.3 is 0 Å². The quantitative estimate of drug-likeness (QED) is 0.876. The molecule has 2 aromatic heterocycles. The fraction of sp³-hybridized carbons (Fsp3) is 0.357. The van der Waals surface area contributed by atoms with Crippen LogP contribution in [0.1, 0.15) is 29.8 Å². The van der Waals surface area contributed by atoms with Crippen LogP contribution >= 0.6 is 11.3 Å². The highest BCUT2D eigenvalue weighted by Crippen LogP contribution is 2.38. The topological polar surface area (TPSA) is 50.3 Å². The van der Waals surface area contributed by atoms with Crippen molar-refractivity contribution in [1.29, 1.82) is 0 Å². The predicted molar refractivity (Wildman–Crippen MR) is 79.2 cm³/mol. The van der Waals surface area contributed by atoms with Gasteiger partial charge in [0, 0.05) is 23.8 Å². The first-order valence-corrected chi connectivity index (χ1v) is 8.94. The molecule has 0 amide bonds. The second kappa shape index (κ2) is 5.27. The molecule has 0 radical (unpaired) electrons. The van der Waals surface area contributed by atoms with E-state index >= 15 is 0 Å². The third-order valence-corrected chi connectivity index (χ3v) is 6.56. The maximum Gasteiger partial charge on any atom is 0.245 e. The Kier molecular flexibility index (Phi) is 3.62. The summed E-state index contributed by atoms with van der Waals surface area (Å²) in [4.78, 5) is 5.52. The van der Waals surface area contributed by atoms with Gasteiger partial charge in [0.2, 0.25) is 10.0 Å². The van der Waals surface area contributed by atoms with Crippen molar-refractivity contribution in [1.82, 2.24) is 9.29 Å². The van der Waals surface area contributed by atoms with Gasteiger partial charge in [0.1, 0.15) is 4.90 Å². The number of aromatic nitrogens is 1. The SMILES string of the molecule is CC[C@H]1c2ccsc2CCN1S(=O)(=O)c1cccnc1. The third kappa shape index (κ3) is 2.17. The molecule has 20 heavy (non-hydrogen) atoms. The van der Waals surface area contributed by atoms with Crippen LogP contribution in [0, 0.1) is 0 Å². The Labute approximate surface area is 123 Å². The van der Waals surface area contributed by atoms with Gasteiger partial charge in [-0.1, -0.05) is 6.92 Å². The van der Waals surface area contributed by atoms with E-state index in [2.05, 4.69) is 11.1 Å². The zero-order valence-electron chi connectivity index (χ0n) is 11.2. The predicted octanol–water partition coefficient (Wildman–Crippen LogP) is 2.84. The number of fused-ring (bicyclic) bond motifs is 1.